The van der Waals surface area contributed by atoms with E-state index in [1.165, 1.54) is 10.6 Å². The molecule has 0 spiro atoms. The summed E-state index contributed by atoms with van der Waals surface area (Å²) >= 11 is 3.77. The van der Waals surface area contributed by atoms with Gasteiger partial charge in [-0.25, -0.2) is 4.98 Å². The molecule has 0 radical (unpaired) electrons. The number of aromatic nitrogens is 1. The Morgan fingerprint density at radius 3 is 2.94 bits per heavy atom. The molecule has 3 nitrogen and oxygen atoms in total. The highest BCUT2D eigenvalue weighted by Gasteiger charge is 2.23. The van der Waals surface area contributed by atoms with Crippen LogP contribution in [0.1, 0.15) is 41.4 Å². The molecule has 2 rings (SSSR count). The lowest BCUT2D eigenvalue weighted by atomic mass is 10.1. The van der Waals surface area contributed by atoms with Crippen molar-refractivity contribution < 1.29 is 4.74 Å². The van der Waals surface area contributed by atoms with Gasteiger partial charge < -0.3 is 10.1 Å². The van der Waals surface area contributed by atoms with Crippen molar-refractivity contribution in [2.24, 2.45) is 0 Å². The van der Waals surface area contributed by atoms with Crippen molar-refractivity contribution in [1.29, 1.82) is 0 Å². The smallest absolute Gasteiger partial charge is 0.123 e. The first-order valence-electron chi connectivity index (χ1n) is 6.05. The highest BCUT2D eigenvalue weighted by atomic mass is 32.2. The van der Waals surface area contributed by atoms with Crippen LogP contribution < -0.4 is 5.32 Å². The zero-order valence-electron chi connectivity index (χ0n) is 10.7. The Labute approximate surface area is 111 Å². The van der Waals surface area contributed by atoms with Crippen LogP contribution in [0.2, 0.25) is 0 Å². The van der Waals surface area contributed by atoms with Crippen molar-refractivity contribution in [2.45, 2.75) is 32.4 Å². The van der Waals surface area contributed by atoms with Crippen LogP contribution in [0.4, 0.5) is 0 Å². The zero-order chi connectivity index (χ0) is 12.3. The predicted molar refractivity (Wildman–Crippen MR) is 75.0 cm³/mol. The lowest BCUT2D eigenvalue weighted by Gasteiger charge is -2.19. The lowest BCUT2D eigenvalue weighted by Crippen LogP contribution is -2.15. The molecule has 1 aliphatic rings. The van der Waals surface area contributed by atoms with Crippen LogP contribution in [-0.2, 0) is 11.3 Å². The molecule has 1 unspecified atom stereocenters. The molecular weight excluding hydrogens is 252 g/mol. The number of nitrogens with one attached hydrogen (secondary N) is 1. The monoisotopic (exact) mass is 272 g/mol. The molecule has 1 saturated heterocycles. The molecule has 0 saturated carbocycles. The molecule has 96 valence electrons. The van der Waals surface area contributed by atoms with Crippen LogP contribution in [0.3, 0.4) is 0 Å². The van der Waals surface area contributed by atoms with Gasteiger partial charge in [0.15, 0.2) is 0 Å². The quantitative estimate of drug-likeness (QED) is 0.914. The van der Waals surface area contributed by atoms with E-state index in [9.17, 15) is 0 Å². The number of hydrogen-bond acceptors (Lipinski definition) is 5. The maximum absolute atomic E-state index is 5.80. The number of rotatable bonds is 4. The van der Waals surface area contributed by atoms with E-state index in [1.807, 2.05) is 18.8 Å². The van der Waals surface area contributed by atoms with Crippen LogP contribution in [0.25, 0.3) is 0 Å². The summed E-state index contributed by atoms with van der Waals surface area (Å²) in [5.41, 5.74) is 1.23. The molecule has 1 atom stereocenters. The van der Waals surface area contributed by atoms with Gasteiger partial charge in [-0.3, -0.25) is 0 Å². The van der Waals surface area contributed by atoms with E-state index in [2.05, 4.69) is 19.2 Å². The Kier molecular flexibility index (Phi) is 4.85. The molecule has 1 N–H and O–H groups in total. The molecule has 2 heterocycles. The molecule has 1 aromatic heterocycles. The summed E-state index contributed by atoms with van der Waals surface area (Å²) < 4.78 is 5.80. The first kappa shape index (κ1) is 13.3. The minimum Gasteiger partial charge on any atom is -0.369 e. The maximum Gasteiger partial charge on any atom is 0.123 e. The normalized spacial score (nSPS) is 21.1. The third kappa shape index (κ3) is 3.22. The zero-order valence-corrected chi connectivity index (χ0v) is 12.3. The Morgan fingerprint density at radius 1 is 1.53 bits per heavy atom. The lowest BCUT2D eigenvalue weighted by molar-refractivity contribution is 0.0754. The molecule has 1 fully saturated rings. The van der Waals surface area contributed by atoms with Gasteiger partial charge in [0.05, 0.1) is 12.3 Å². The van der Waals surface area contributed by atoms with Crippen molar-refractivity contribution >= 4 is 23.1 Å². The van der Waals surface area contributed by atoms with Crippen molar-refractivity contribution in [2.75, 3.05) is 25.2 Å². The van der Waals surface area contributed by atoms with Gasteiger partial charge in [-0.2, -0.15) is 11.8 Å². The summed E-state index contributed by atoms with van der Waals surface area (Å²) in [4.78, 5) is 6.15. The molecule has 0 aromatic carbocycles. The second-order valence-electron chi connectivity index (χ2n) is 4.48. The number of thioether (sulfide) groups is 1. The molecular formula is C12H20N2OS2. The fourth-order valence-corrected chi connectivity index (χ4v) is 4.12. The first-order chi connectivity index (χ1) is 8.22. The molecule has 5 heteroatoms. The van der Waals surface area contributed by atoms with Crippen LogP contribution in [-0.4, -0.2) is 30.1 Å². The van der Waals surface area contributed by atoms with E-state index in [-0.39, 0.29) is 6.10 Å². The Morgan fingerprint density at radius 2 is 2.35 bits per heavy atom. The fourth-order valence-electron chi connectivity index (χ4n) is 1.89. The van der Waals surface area contributed by atoms with Gasteiger partial charge in [0.25, 0.3) is 0 Å². The van der Waals surface area contributed by atoms with Gasteiger partial charge in [0, 0.05) is 22.9 Å². The van der Waals surface area contributed by atoms with Gasteiger partial charge in [-0.1, -0.05) is 13.8 Å². The minimum absolute atomic E-state index is 0.210. The Balaban J connectivity index is 2.19. The highest BCUT2D eigenvalue weighted by Crippen LogP contribution is 2.33. The highest BCUT2D eigenvalue weighted by molar-refractivity contribution is 7.99. The van der Waals surface area contributed by atoms with Gasteiger partial charge in [0.1, 0.15) is 11.1 Å². The van der Waals surface area contributed by atoms with Crippen molar-refractivity contribution in [1.82, 2.24) is 10.3 Å². The summed E-state index contributed by atoms with van der Waals surface area (Å²) in [6.45, 7) is 6.17. The third-order valence-corrected chi connectivity index (χ3v) is 4.88. The standard InChI is InChI=1S/C12H20N2OS2/c1-8(2)11-10(6-13-3)17-12(14-11)9-7-16-5-4-15-9/h8-9,13H,4-7H2,1-3H3. The summed E-state index contributed by atoms with van der Waals surface area (Å²) in [7, 11) is 1.98. The van der Waals surface area contributed by atoms with Crippen LogP contribution in [0, 0.1) is 0 Å². The van der Waals surface area contributed by atoms with Crippen LogP contribution in [0.5, 0.6) is 0 Å². The van der Waals surface area contributed by atoms with Gasteiger partial charge in [-0.15, -0.1) is 11.3 Å². The topological polar surface area (TPSA) is 34.1 Å². The summed E-state index contributed by atoms with van der Waals surface area (Å²) in [6, 6.07) is 0. The molecule has 1 aromatic rings. The number of ether oxygens (including phenoxy) is 1. The van der Waals surface area contributed by atoms with Crippen molar-refractivity contribution in [3.05, 3.63) is 15.6 Å². The SMILES string of the molecule is CNCc1sc(C2CSCCO2)nc1C(C)C. The summed E-state index contributed by atoms with van der Waals surface area (Å²) in [5, 5.41) is 4.38. The fraction of sp³-hybridized carbons (Fsp3) is 0.750. The summed E-state index contributed by atoms with van der Waals surface area (Å²) in [6.07, 6.45) is 0.210. The Bertz CT molecular complexity index is 359. The number of thiazole rings is 1. The second kappa shape index (κ2) is 6.18. The Hall–Kier alpha value is -0.100. The third-order valence-electron chi connectivity index (χ3n) is 2.72. The molecule has 1 aliphatic heterocycles. The minimum atomic E-state index is 0.210. The number of nitrogens with zero attached hydrogens (tertiary/aromatic N) is 1. The van der Waals surface area contributed by atoms with E-state index in [4.69, 9.17) is 9.72 Å². The van der Waals surface area contributed by atoms with Crippen molar-refractivity contribution in [3.8, 4) is 0 Å². The van der Waals surface area contributed by atoms with E-state index in [0.717, 1.165) is 29.7 Å². The average molecular weight is 272 g/mol. The van der Waals surface area contributed by atoms with Gasteiger partial charge in [0.2, 0.25) is 0 Å². The largest absolute Gasteiger partial charge is 0.369 e. The van der Waals surface area contributed by atoms with E-state index >= 15 is 0 Å². The van der Waals surface area contributed by atoms with Gasteiger partial charge >= 0.3 is 0 Å². The second-order valence-corrected chi connectivity index (χ2v) is 6.74. The molecule has 17 heavy (non-hydrogen) atoms. The van der Waals surface area contributed by atoms with Crippen molar-refractivity contribution in [3.63, 3.8) is 0 Å². The van der Waals surface area contributed by atoms with E-state index in [1.54, 1.807) is 11.3 Å². The summed E-state index contributed by atoms with van der Waals surface area (Å²) in [5.74, 6) is 2.64. The van der Waals surface area contributed by atoms with Crippen LogP contribution >= 0.6 is 23.1 Å². The molecule has 0 aliphatic carbocycles. The van der Waals surface area contributed by atoms with E-state index < -0.39 is 0 Å². The van der Waals surface area contributed by atoms with Crippen LogP contribution in [0.15, 0.2) is 0 Å². The van der Waals surface area contributed by atoms with Gasteiger partial charge in [-0.05, 0) is 13.0 Å². The number of hydrogen-bond donors (Lipinski definition) is 1. The molecule has 0 amide bonds. The maximum atomic E-state index is 5.80. The predicted octanol–water partition coefficient (Wildman–Crippen LogP) is 2.79. The molecule has 0 bridgehead atoms. The first-order valence-corrected chi connectivity index (χ1v) is 8.03. The van der Waals surface area contributed by atoms with E-state index in [0.29, 0.717) is 5.92 Å². The average Bonchev–Trinajstić information content (AvgIpc) is 2.75.